The Kier molecular flexibility index (Phi) is 3.10. The average molecular weight is 292 g/mol. The van der Waals surface area contributed by atoms with Gasteiger partial charge in [-0.15, -0.1) is 0 Å². The van der Waals surface area contributed by atoms with Crippen LogP contribution in [0.4, 0.5) is 18.0 Å². The number of alkyl halides is 3. The predicted molar refractivity (Wildman–Crippen MR) is 61.4 cm³/mol. The molecular formula is C12H15F3N2O3. The van der Waals surface area contributed by atoms with Crippen molar-refractivity contribution in [1.82, 2.24) is 10.2 Å². The topological polar surface area (TPSA) is 66.5 Å². The number of nitrogens with zero attached hydrogens (tertiary/aromatic N) is 1. The minimum Gasteiger partial charge on any atom is -0.277 e. The molecule has 1 saturated heterocycles. The minimum absolute atomic E-state index is 0.0475. The molecule has 0 unspecified atom stereocenters. The highest BCUT2D eigenvalue weighted by Crippen LogP contribution is 2.55. The second-order valence-electron chi connectivity index (χ2n) is 5.22. The number of barbiturate groups is 1. The van der Waals surface area contributed by atoms with Crippen molar-refractivity contribution in [2.75, 3.05) is 0 Å². The summed E-state index contributed by atoms with van der Waals surface area (Å²) < 4.78 is 39.4. The van der Waals surface area contributed by atoms with E-state index in [-0.39, 0.29) is 30.6 Å². The Bertz CT molecular complexity index is 479. The fraction of sp³-hybridized carbons (Fsp3) is 0.750. The SMILES string of the molecule is CCC1(CC)C(=O)NC(=O)N(C2(C(F)(F)F)CC2)C1=O. The number of nitrogens with one attached hydrogen (secondary N) is 1. The molecule has 0 bridgehead atoms. The van der Waals surface area contributed by atoms with Crippen LogP contribution in [0, 0.1) is 5.41 Å². The van der Waals surface area contributed by atoms with Gasteiger partial charge in [0.25, 0.3) is 0 Å². The maximum Gasteiger partial charge on any atom is 0.412 e. The number of halogens is 3. The molecule has 1 saturated carbocycles. The number of hydrogen-bond donors (Lipinski definition) is 1. The van der Waals surface area contributed by atoms with E-state index in [1.54, 1.807) is 13.8 Å². The summed E-state index contributed by atoms with van der Waals surface area (Å²) in [5, 5.41) is 1.90. The van der Waals surface area contributed by atoms with Crippen molar-refractivity contribution in [3.63, 3.8) is 0 Å². The third-order valence-corrected chi connectivity index (χ3v) is 4.36. The second kappa shape index (κ2) is 4.20. The maximum absolute atomic E-state index is 13.1. The molecule has 112 valence electrons. The molecule has 4 amide bonds. The van der Waals surface area contributed by atoms with Gasteiger partial charge in [-0.3, -0.25) is 14.9 Å². The Hall–Kier alpha value is -1.60. The van der Waals surface area contributed by atoms with Crippen molar-refractivity contribution >= 4 is 17.8 Å². The van der Waals surface area contributed by atoms with Crippen LogP contribution in [0.1, 0.15) is 39.5 Å². The fourth-order valence-electron chi connectivity index (χ4n) is 2.69. The van der Waals surface area contributed by atoms with Gasteiger partial charge >= 0.3 is 12.2 Å². The lowest BCUT2D eigenvalue weighted by Crippen LogP contribution is -2.69. The standard InChI is InChI=1S/C12H15F3N2O3/c1-3-10(4-2)7(18)16-9(20)17(8(10)19)11(5-6-11)12(13,14)15/h3-6H2,1-2H3,(H,16,18,20). The van der Waals surface area contributed by atoms with E-state index in [9.17, 15) is 27.6 Å². The van der Waals surface area contributed by atoms with E-state index in [1.165, 1.54) is 0 Å². The molecule has 5 nitrogen and oxygen atoms in total. The van der Waals surface area contributed by atoms with E-state index in [0.717, 1.165) is 0 Å². The highest BCUT2D eigenvalue weighted by molar-refractivity contribution is 6.19. The second-order valence-corrected chi connectivity index (χ2v) is 5.22. The van der Waals surface area contributed by atoms with Crippen LogP contribution in [0.2, 0.25) is 0 Å². The van der Waals surface area contributed by atoms with Gasteiger partial charge in [0.05, 0.1) is 0 Å². The normalized spacial score (nSPS) is 24.6. The lowest BCUT2D eigenvalue weighted by atomic mass is 9.78. The molecule has 0 radical (unpaired) electrons. The summed E-state index contributed by atoms with van der Waals surface area (Å²) >= 11 is 0. The van der Waals surface area contributed by atoms with Gasteiger partial charge in [0, 0.05) is 0 Å². The fourth-order valence-corrected chi connectivity index (χ4v) is 2.69. The Morgan fingerprint density at radius 1 is 1.15 bits per heavy atom. The van der Waals surface area contributed by atoms with E-state index < -0.39 is 35.0 Å². The highest BCUT2D eigenvalue weighted by atomic mass is 19.4. The van der Waals surface area contributed by atoms with Crippen molar-refractivity contribution in [3.05, 3.63) is 0 Å². The summed E-state index contributed by atoms with van der Waals surface area (Å²) in [6.07, 6.45) is -5.22. The van der Waals surface area contributed by atoms with Crippen LogP contribution in [-0.4, -0.2) is 34.5 Å². The largest absolute Gasteiger partial charge is 0.412 e. The molecule has 8 heteroatoms. The zero-order valence-corrected chi connectivity index (χ0v) is 11.1. The first-order valence-corrected chi connectivity index (χ1v) is 6.43. The Labute approximate surface area is 113 Å². The maximum atomic E-state index is 13.1. The van der Waals surface area contributed by atoms with Gasteiger partial charge in [0.2, 0.25) is 11.8 Å². The molecule has 0 atom stereocenters. The molecule has 0 aromatic carbocycles. The third-order valence-electron chi connectivity index (χ3n) is 4.36. The molecule has 2 fully saturated rings. The molecule has 1 aliphatic carbocycles. The van der Waals surface area contributed by atoms with Crippen molar-refractivity contribution in [2.24, 2.45) is 5.41 Å². The Morgan fingerprint density at radius 2 is 1.65 bits per heavy atom. The van der Waals surface area contributed by atoms with Gasteiger partial charge in [-0.05, 0) is 25.7 Å². The van der Waals surface area contributed by atoms with Gasteiger partial charge in [-0.25, -0.2) is 9.69 Å². The van der Waals surface area contributed by atoms with Crippen LogP contribution in [0.3, 0.4) is 0 Å². The average Bonchev–Trinajstić information content (AvgIpc) is 3.11. The summed E-state index contributed by atoms with van der Waals surface area (Å²) in [5.41, 5.74) is -4.03. The molecule has 2 rings (SSSR count). The van der Waals surface area contributed by atoms with Crippen LogP contribution >= 0.6 is 0 Å². The molecule has 1 N–H and O–H groups in total. The molecule has 0 aromatic rings. The zero-order chi connectivity index (χ0) is 15.3. The van der Waals surface area contributed by atoms with E-state index in [2.05, 4.69) is 0 Å². The van der Waals surface area contributed by atoms with Gasteiger partial charge in [0.15, 0.2) is 0 Å². The smallest absolute Gasteiger partial charge is 0.277 e. The van der Waals surface area contributed by atoms with Gasteiger partial charge in [-0.1, -0.05) is 13.8 Å². The van der Waals surface area contributed by atoms with E-state index >= 15 is 0 Å². The number of hydrogen-bond acceptors (Lipinski definition) is 3. The lowest BCUT2D eigenvalue weighted by Gasteiger charge is -2.42. The first kappa shape index (κ1) is 14.8. The zero-order valence-electron chi connectivity index (χ0n) is 11.1. The highest BCUT2D eigenvalue weighted by Gasteiger charge is 2.72. The first-order chi connectivity index (χ1) is 9.16. The monoisotopic (exact) mass is 292 g/mol. The molecule has 0 spiro atoms. The van der Waals surface area contributed by atoms with Crippen molar-refractivity contribution in [2.45, 2.75) is 51.2 Å². The van der Waals surface area contributed by atoms with Crippen LogP contribution in [0.25, 0.3) is 0 Å². The van der Waals surface area contributed by atoms with Crippen LogP contribution in [0.15, 0.2) is 0 Å². The first-order valence-electron chi connectivity index (χ1n) is 6.43. The van der Waals surface area contributed by atoms with Crippen LogP contribution < -0.4 is 5.32 Å². The van der Waals surface area contributed by atoms with E-state index in [0.29, 0.717) is 0 Å². The summed E-state index contributed by atoms with van der Waals surface area (Å²) in [7, 11) is 0. The number of rotatable bonds is 3. The number of carbonyl (C=O) groups is 3. The number of urea groups is 1. The van der Waals surface area contributed by atoms with Crippen molar-refractivity contribution in [3.8, 4) is 0 Å². The Morgan fingerprint density at radius 3 is 2.00 bits per heavy atom. The summed E-state index contributed by atoms with van der Waals surface area (Å²) in [5.74, 6) is -1.85. The summed E-state index contributed by atoms with van der Waals surface area (Å²) in [4.78, 5) is 36.3. The van der Waals surface area contributed by atoms with E-state index in [4.69, 9.17) is 0 Å². The number of carbonyl (C=O) groups excluding carboxylic acids is 3. The van der Waals surface area contributed by atoms with Crippen molar-refractivity contribution in [1.29, 1.82) is 0 Å². The van der Waals surface area contributed by atoms with Gasteiger partial charge < -0.3 is 0 Å². The molecule has 0 aromatic heterocycles. The molecule has 1 heterocycles. The molecule has 1 aliphatic heterocycles. The van der Waals surface area contributed by atoms with E-state index in [1.807, 2.05) is 5.32 Å². The molecule has 2 aliphatic rings. The van der Waals surface area contributed by atoms with Crippen LogP contribution in [0.5, 0.6) is 0 Å². The quantitative estimate of drug-likeness (QED) is 0.809. The number of amides is 4. The predicted octanol–water partition coefficient (Wildman–Crippen LogP) is 1.97. The van der Waals surface area contributed by atoms with Crippen molar-refractivity contribution < 1.29 is 27.6 Å². The summed E-state index contributed by atoms with van der Waals surface area (Å²) in [6.45, 7) is 3.09. The van der Waals surface area contributed by atoms with Gasteiger partial charge in [0.1, 0.15) is 11.0 Å². The Balaban J connectivity index is 2.47. The lowest BCUT2D eigenvalue weighted by molar-refractivity contribution is -0.199. The molecular weight excluding hydrogens is 277 g/mol. The minimum atomic E-state index is -4.69. The van der Waals surface area contributed by atoms with Crippen LogP contribution in [-0.2, 0) is 9.59 Å². The number of imide groups is 2. The third kappa shape index (κ3) is 1.66. The van der Waals surface area contributed by atoms with Gasteiger partial charge in [-0.2, -0.15) is 13.2 Å². The molecule has 20 heavy (non-hydrogen) atoms. The summed E-state index contributed by atoms with van der Waals surface area (Å²) in [6, 6.07) is -1.27.